The smallest absolute Gasteiger partial charge is 0.279 e. The van der Waals surface area contributed by atoms with Gasteiger partial charge in [-0.1, -0.05) is 66.7 Å². The van der Waals surface area contributed by atoms with E-state index in [9.17, 15) is 13.2 Å². The van der Waals surface area contributed by atoms with Gasteiger partial charge in [0.05, 0.1) is 16.8 Å². The summed E-state index contributed by atoms with van der Waals surface area (Å²) in [4.78, 5) is 16.9. The van der Waals surface area contributed by atoms with Gasteiger partial charge in [-0.3, -0.25) is 9.36 Å². The zero-order chi connectivity index (χ0) is 24.0. The Labute approximate surface area is 205 Å². The Hall–Kier alpha value is -3.88. The van der Waals surface area contributed by atoms with E-state index in [2.05, 4.69) is 4.98 Å². The number of hydrogen-bond acceptors (Lipinski definition) is 4. The number of para-hydroxylation sites is 4. The number of aromatic nitrogens is 3. The molecule has 0 saturated carbocycles. The number of rotatable bonds is 5. The number of hydrogen-bond donors (Lipinski definition) is 1. The lowest BCUT2D eigenvalue weighted by Crippen LogP contribution is -2.43. The molecule has 0 aliphatic rings. The van der Waals surface area contributed by atoms with Crippen molar-refractivity contribution in [3.8, 4) is 0 Å². The molecular formula is C27H20N3O3S2+. The minimum Gasteiger partial charge on any atom is -0.279 e. The second-order valence-electron chi connectivity index (χ2n) is 8.08. The van der Waals surface area contributed by atoms with E-state index in [1.807, 2.05) is 60.7 Å². The van der Waals surface area contributed by atoms with Crippen LogP contribution in [-0.2, 0) is 10.0 Å². The van der Waals surface area contributed by atoms with E-state index < -0.39 is 10.0 Å². The highest BCUT2D eigenvalue weighted by molar-refractivity contribution is 8.00. The summed E-state index contributed by atoms with van der Waals surface area (Å²) in [6, 6.07) is 31.1. The number of nitrogens with zero attached hydrogens (tertiary/aromatic N) is 2. The molecular weight excluding hydrogens is 478 g/mol. The minimum absolute atomic E-state index is 0.0554. The lowest BCUT2D eigenvalue weighted by atomic mass is 10.2. The van der Waals surface area contributed by atoms with Gasteiger partial charge >= 0.3 is 15.2 Å². The zero-order valence-electron chi connectivity index (χ0n) is 18.5. The largest absolute Gasteiger partial charge is 0.336 e. The van der Waals surface area contributed by atoms with Crippen molar-refractivity contribution in [3.05, 3.63) is 103 Å². The van der Waals surface area contributed by atoms with Crippen molar-refractivity contribution < 1.29 is 17.2 Å². The lowest BCUT2D eigenvalue weighted by Gasteiger charge is -2.06. The molecule has 0 aliphatic carbocycles. The summed E-state index contributed by atoms with van der Waals surface area (Å²) in [6.07, 6.45) is 0. The van der Waals surface area contributed by atoms with Gasteiger partial charge in [0.15, 0.2) is 11.0 Å². The highest BCUT2D eigenvalue weighted by atomic mass is 32.2. The maximum atomic E-state index is 13.6. The molecule has 0 spiro atoms. The molecule has 6 rings (SSSR count). The van der Waals surface area contributed by atoms with E-state index in [4.69, 9.17) is 0 Å². The van der Waals surface area contributed by atoms with Gasteiger partial charge in [0.1, 0.15) is 4.90 Å². The molecule has 8 heteroatoms. The van der Waals surface area contributed by atoms with Crippen LogP contribution in [0, 0.1) is 0 Å². The summed E-state index contributed by atoms with van der Waals surface area (Å²) >= 11 is 1.18. The summed E-state index contributed by atoms with van der Waals surface area (Å²) in [6.45, 7) is 0. The predicted molar refractivity (Wildman–Crippen MR) is 138 cm³/mol. The first-order valence-corrected chi connectivity index (χ1v) is 13.5. The Morgan fingerprint density at radius 3 is 2.03 bits per heavy atom. The molecule has 172 valence electrons. The molecule has 6 aromatic rings. The topological polar surface area (TPSA) is 75.8 Å². The van der Waals surface area contributed by atoms with Gasteiger partial charge < -0.3 is 0 Å². The number of aromatic amines is 1. The number of H-pyrrole nitrogens is 1. The van der Waals surface area contributed by atoms with Crippen molar-refractivity contribution in [1.82, 2.24) is 9.55 Å². The molecule has 0 amide bonds. The number of carbonyl (C=O) groups excluding carboxylic acids is 1. The first-order valence-electron chi connectivity index (χ1n) is 11.0. The molecule has 1 N–H and O–H groups in total. The van der Waals surface area contributed by atoms with Crippen molar-refractivity contribution in [2.45, 2.75) is 10.1 Å². The van der Waals surface area contributed by atoms with Crippen molar-refractivity contribution in [2.75, 3.05) is 5.75 Å². The number of fused-ring (bicyclic) bond motifs is 4. The van der Waals surface area contributed by atoms with Crippen LogP contribution >= 0.6 is 11.8 Å². The highest BCUT2D eigenvalue weighted by Gasteiger charge is 2.32. The summed E-state index contributed by atoms with van der Waals surface area (Å²) in [7, 11) is -3.88. The molecule has 0 aliphatic heterocycles. The summed E-state index contributed by atoms with van der Waals surface area (Å²) in [5.74, 6) is -0.0745. The number of imidazole rings is 1. The van der Waals surface area contributed by atoms with Gasteiger partial charge in [-0.25, -0.2) is 4.98 Å². The van der Waals surface area contributed by atoms with Gasteiger partial charge in [0.25, 0.3) is 0 Å². The Kier molecular flexibility index (Phi) is 5.20. The van der Waals surface area contributed by atoms with Crippen molar-refractivity contribution in [2.24, 2.45) is 0 Å². The molecule has 0 fully saturated rings. The van der Waals surface area contributed by atoms with Crippen LogP contribution in [0.25, 0.3) is 32.8 Å². The Bertz CT molecular complexity index is 1780. The van der Waals surface area contributed by atoms with Gasteiger partial charge in [-0.2, -0.15) is 8.42 Å². The molecule has 2 heterocycles. The first-order chi connectivity index (χ1) is 17.1. The Morgan fingerprint density at radius 2 is 1.34 bits per heavy atom. The molecule has 6 nitrogen and oxygen atoms in total. The third-order valence-electron chi connectivity index (χ3n) is 5.99. The normalized spacial score (nSPS) is 12.0. The standard InChI is InChI=1S/C27H19N3O3S2/c31-26(29-23-15-7-4-12-20(23)21-13-5-8-16-24(21)29)18-34-27-28-22-14-6-9-17-25(22)30(27)35(32,33)19-10-2-1-3-11-19/h1-17H,18H2/p+1. The second-order valence-corrected chi connectivity index (χ2v) is 10.8. The van der Waals surface area contributed by atoms with Crippen molar-refractivity contribution in [1.29, 1.82) is 0 Å². The van der Waals surface area contributed by atoms with Crippen LogP contribution in [0.2, 0.25) is 0 Å². The molecule has 0 unspecified atom stereocenters. The molecule has 0 radical (unpaired) electrons. The quantitative estimate of drug-likeness (QED) is 0.261. The van der Waals surface area contributed by atoms with Crippen LogP contribution in [0.4, 0.5) is 0 Å². The average Bonchev–Trinajstić information content (AvgIpc) is 3.44. The van der Waals surface area contributed by atoms with Gasteiger partial charge in [0.2, 0.25) is 5.91 Å². The van der Waals surface area contributed by atoms with E-state index in [0.29, 0.717) is 16.2 Å². The molecule has 35 heavy (non-hydrogen) atoms. The van der Waals surface area contributed by atoms with E-state index in [-0.39, 0.29) is 16.6 Å². The van der Waals surface area contributed by atoms with E-state index in [1.54, 1.807) is 47.0 Å². The van der Waals surface area contributed by atoms with Gasteiger partial charge in [-0.15, -0.1) is 3.97 Å². The predicted octanol–water partition coefficient (Wildman–Crippen LogP) is 5.23. The Balaban J connectivity index is 1.43. The van der Waals surface area contributed by atoms with Gasteiger partial charge in [0, 0.05) is 10.8 Å². The second kappa shape index (κ2) is 8.41. The fourth-order valence-corrected chi connectivity index (χ4v) is 7.08. The fraction of sp³-hybridized carbons (Fsp3) is 0.0370. The molecule has 0 bridgehead atoms. The van der Waals surface area contributed by atoms with E-state index >= 15 is 0 Å². The van der Waals surface area contributed by atoms with Crippen LogP contribution < -0.4 is 3.97 Å². The highest BCUT2D eigenvalue weighted by Crippen LogP contribution is 2.29. The average molecular weight is 499 g/mol. The van der Waals surface area contributed by atoms with Crippen molar-refractivity contribution >= 4 is 60.5 Å². The summed E-state index contributed by atoms with van der Waals surface area (Å²) in [5, 5.41) is 2.40. The van der Waals surface area contributed by atoms with E-state index in [1.165, 1.54) is 15.7 Å². The lowest BCUT2D eigenvalue weighted by molar-refractivity contribution is -0.526. The molecule has 0 atom stereocenters. The van der Waals surface area contributed by atoms with Crippen LogP contribution in [-0.4, -0.2) is 29.6 Å². The third-order valence-corrected chi connectivity index (χ3v) is 8.78. The first kappa shape index (κ1) is 21.6. The summed E-state index contributed by atoms with van der Waals surface area (Å²) < 4.78 is 30.2. The number of thioether (sulfide) groups is 1. The Morgan fingerprint density at radius 1 is 0.771 bits per heavy atom. The van der Waals surface area contributed by atoms with Crippen LogP contribution in [0.15, 0.2) is 113 Å². The van der Waals surface area contributed by atoms with Gasteiger partial charge in [-0.05, 0) is 48.2 Å². The number of carbonyl (C=O) groups is 1. The third kappa shape index (κ3) is 3.53. The maximum Gasteiger partial charge on any atom is 0.336 e. The SMILES string of the molecule is O=C(CSc1[nH]c2ccccc2[n+]1S(=O)(=O)c1ccccc1)n1c2ccccc2c2ccccc21. The zero-order valence-corrected chi connectivity index (χ0v) is 20.1. The minimum atomic E-state index is -3.88. The monoisotopic (exact) mass is 498 g/mol. The number of benzene rings is 4. The van der Waals surface area contributed by atoms with Crippen LogP contribution in [0.3, 0.4) is 0 Å². The summed E-state index contributed by atoms with van der Waals surface area (Å²) in [5.41, 5.74) is 2.88. The molecule has 0 saturated heterocycles. The number of nitrogens with one attached hydrogen (secondary N) is 1. The fourth-order valence-electron chi connectivity index (χ4n) is 4.45. The van der Waals surface area contributed by atoms with Crippen molar-refractivity contribution in [3.63, 3.8) is 0 Å². The van der Waals surface area contributed by atoms with Crippen LogP contribution in [0.5, 0.6) is 0 Å². The van der Waals surface area contributed by atoms with E-state index in [0.717, 1.165) is 21.8 Å². The maximum absolute atomic E-state index is 13.6. The van der Waals surface area contributed by atoms with Crippen LogP contribution in [0.1, 0.15) is 4.79 Å². The molecule has 2 aromatic heterocycles. The molecule has 4 aromatic carbocycles.